The first-order chi connectivity index (χ1) is 20.7. The molecule has 0 radical (unpaired) electrons. The van der Waals surface area contributed by atoms with E-state index in [1.54, 1.807) is 34.0 Å². The number of amides is 2. The zero-order valence-electron chi connectivity index (χ0n) is 26.8. The summed E-state index contributed by atoms with van der Waals surface area (Å²) in [6, 6.07) is 7.42. The molecule has 11 heteroatoms. The zero-order chi connectivity index (χ0) is 31.8. The molecule has 0 spiro atoms. The van der Waals surface area contributed by atoms with Crippen LogP contribution in [0.2, 0.25) is 0 Å². The third-order valence-electron chi connectivity index (χ3n) is 8.01. The molecule has 2 saturated heterocycles. The van der Waals surface area contributed by atoms with E-state index in [0.29, 0.717) is 30.0 Å². The van der Waals surface area contributed by atoms with Gasteiger partial charge in [0.05, 0.1) is 17.1 Å². The van der Waals surface area contributed by atoms with E-state index < -0.39 is 17.3 Å². The number of likely N-dealkylation sites (tertiary alicyclic amines) is 2. The maximum atomic E-state index is 13.4. The van der Waals surface area contributed by atoms with Gasteiger partial charge in [0.15, 0.2) is 0 Å². The summed E-state index contributed by atoms with van der Waals surface area (Å²) in [6.07, 6.45) is 6.05. The van der Waals surface area contributed by atoms with Crippen LogP contribution in [0, 0.1) is 0 Å². The summed E-state index contributed by atoms with van der Waals surface area (Å²) in [5.41, 5.74) is 1.60. The topological polar surface area (TPSA) is 119 Å². The molecule has 0 bridgehead atoms. The maximum absolute atomic E-state index is 13.4. The number of nitrogens with zero attached hydrogens (tertiary/aromatic N) is 5. The highest BCUT2D eigenvalue weighted by atomic mass is 16.6. The summed E-state index contributed by atoms with van der Waals surface area (Å²) in [5, 5.41) is 3.66. The Kier molecular flexibility index (Phi) is 8.71. The molecular formula is C33H44N6O5. The molecule has 236 valence electrons. The molecule has 0 aliphatic carbocycles. The standard InChI is InChI=1S/C33H44N6O5/c1-32(2,3)43-30(41)38-15-12-21(13-16-38)24-11-10-22(19-34-24)29(40)36-28-18-26-23(20-35-28)17-27(25-9-8-14-37(25)7)39(26)31(42)44-33(4,5)6/h10-11,17-21,25H,8-9,12-16H2,1-7H3,(H,35,36,40)/t25-/m1/s1. The number of hydrogen-bond donors (Lipinski definition) is 1. The number of ether oxygens (including phenoxy) is 2. The highest BCUT2D eigenvalue weighted by molar-refractivity contribution is 6.04. The first kappa shape index (κ1) is 31.4. The number of piperidine rings is 1. The second kappa shape index (κ2) is 12.2. The lowest BCUT2D eigenvalue weighted by Crippen LogP contribution is -2.41. The van der Waals surface area contributed by atoms with E-state index in [1.165, 1.54) is 0 Å². The van der Waals surface area contributed by atoms with Gasteiger partial charge in [-0.05, 0) is 99.0 Å². The van der Waals surface area contributed by atoms with Crippen molar-refractivity contribution in [2.24, 2.45) is 0 Å². The molecule has 2 aliphatic heterocycles. The number of aromatic nitrogens is 3. The number of fused-ring (bicyclic) bond motifs is 1. The van der Waals surface area contributed by atoms with Crippen molar-refractivity contribution >= 4 is 34.8 Å². The number of carbonyl (C=O) groups is 3. The Balaban J connectivity index is 1.29. The lowest BCUT2D eigenvalue weighted by molar-refractivity contribution is 0.0203. The number of anilines is 1. The molecule has 1 N–H and O–H groups in total. The summed E-state index contributed by atoms with van der Waals surface area (Å²) in [7, 11) is 2.06. The Bertz CT molecular complexity index is 1530. The van der Waals surface area contributed by atoms with E-state index in [0.717, 1.165) is 49.0 Å². The third-order valence-corrected chi connectivity index (χ3v) is 8.01. The molecule has 3 aromatic rings. The molecule has 0 aromatic carbocycles. The molecule has 5 rings (SSSR count). The van der Waals surface area contributed by atoms with Gasteiger partial charge in [-0.25, -0.2) is 19.1 Å². The predicted molar refractivity (Wildman–Crippen MR) is 168 cm³/mol. The fourth-order valence-corrected chi connectivity index (χ4v) is 5.89. The van der Waals surface area contributed by atoms with Gasteiger partial charge in [0.25, 0.3) is 5.91 Å². The van der Waals surface area contributed by atoms with Gasteiger partial charge in [-0.1, -0.05) is 0 Å². The first-order valence-corrected chi connectivity index (χ1v) is 15.4. The van der Waals surface area contributed by atoms with Gasteiger partial charge in [0.2, 0.25) is 0 Å². The monoisotopic (exact) mass is 604 g/mol. The summed E-state index contributed by atoms with van der Waals surface area (Å²) in [6.45, 7) is 13.3. The number of carbonyl (C=O) groups excluding carboxylic acids is 3. The van der Waals surface area contributed by atoms with Gasteiger partial charge in [-0.2, -0.15) is 0 Å². The fourth-order valence-electron chi connectivity index (χ4n) is 5.89. The quantitative estimate of drug-likeness (QED) is 0.366. The number of nitrogens with one attached hydrogen (secondary N) is 1. The van der Waals surface area contributed by atoms with Crippen LogP contribution in [0.15, 0.2) is 36.7 Å². The Labute approximate surface area is 258 Å². The van der Waals surface area contributed by atoms with E-state index in [-0.39, 0.29) is 24.0 Å². The minimum atomic E-state index is -0.662. The summed E-state index contributed by atoms with van der Waals surface area (Å²) >= 11 is 0. The smallest absolute Gasteiger partial charge is 0.419 e. The Morgan fingerprint density at radius 1 is 0.864 bits per heavy atom. The summed E-state index contributed by atoms with van der Waals surface area (Å²) in [5.74, 6) is 0.181. The largest absolute Gasteiger partial charge is 0.444 e. The zero-order valence-corrected chi connectivity index (χ0v) is 26.8. The van der Waals surface area contributed by atoms with Crippen molar-refractivity contribution in [1.82, 2.24) is 24.3 Å². The summed E-state index contributed by atoms with van der Waals surface area (Å²) in [4.78, 5) is 52.0. The molecule has 5 heterocycles. The third kappa shape index (κ3) is 7.20. The Hall–Kier alpha value is -3.99. The van der Waals surface area contributed by atoms with Crippen molar-refractivity contribution in [2.45, 2.75) is 90.4 Å². The Morgan fingerprint density at radius 3 is 2.14 bits per heavy atom. The van der Waals surface area contributed by atoms with Crippen LogP contribution < -0.4 is 5.32 Å². The van der Waals surface area contributed by atoms with Crippen LogP contribution in [-0.4, -0.2) is 80.3 Å². The van der Waals surface area contributed by atoms with Gasteiger partial charge in [-0.3, -0.25) is 14.7 Å². The lowest BCUT2D eigenvalue weighted by atomic mass is 9.93. The summed E-state index contributed by atoms with van der Waals surface area (Å²) < 4.78 is 12.9. The molecule has 2 fully saturated rings. The van der Waals surface area contributed by atoms with Gasteiger partial charge in [0.1, 0.15) is 17.0 Å². The van der Waals surface area contributed by atoms with Crippen LogP contribution >= 0.6 is 0 Å². The van der Waals surface area contributed by atoms with Crippen molar-refractivity contribution < 1.29 is 23.9 Å². The number of rotatable bonds is 4. The SMILES string of the molecule is CN1CCC[C@@H]1c1cc2cnc(NC(=O)c3ccc(C4CCN(C(=O)OC(C)(C)C)CC4)nc3)cc2n1C(=O)OC(C)(C)C. The average molecular weight is 605 g/mol. The highest BCUT2D eigenvalue weighted by Gasteiger charge is 2.31. The average Bonchev–Trinajstić information content (AvgIpc) is 3.54. The molecule has 3 aromatic heterocycles. The first-order valence-electron chi connectivity index (χ1n) is 15.4. The Morgan fingerprint density at radius 2 is 1.55 bits per heavy atom. The second-order valence-corrected chi connectivity index (χ2v) is 13.8. The lowest BCUT2D eigenvalue weighted by Gasteiger charge is -2.33. The van der Waals surface area contributed by atoms with Gasteiger partial charge in [-0.15, -0.1) is 0 Å². The van der Waals surface area contributed by atoms with E-state index in [2.05, 4.69) is 27.2 Å². The normalized spacial score (nSPS) is 18.4. The van der Waals surface area contributed by atoms with Crippen LogP contribution in [0.4, 0.5) is 15.4 Å². The molecule has 2 aliphatic rings. The molecule has 44 heavy (non-hydrogen) atoms. The van der Waals surface area contributed by atoms with Gasteiger partial charge < -0.3 is 19.7 Å². The van der Waals surface area contributed by atoms with Crippen LogP contribution in [0.5, 0.6) is 0 Å². The van der Waals surface area contributed by atoms with Crippen molar-refractivity contribution in [3.8, 4) is 0 Å². The van der Waals surface area contributed by atoms with E-state index in [9.17, 15) is 14.4 Å². The van der Waals surface area contributed by atoms with Crippen LogP contribution in [0.3, 0.4) is 0 Å². The van der Waals surface area contributed by atoms with Crippen molar-refractivity contribution in [1.29, 1.82) is 0 Å². The highest BCUT2D eigenvalue weighted by Crippen LogP contribution is 2.35. The van der Waals surface area contributed by atoms with Crippen LogP contribution in [0.1, 0.15) is 101 Å². The van der Waals surface area contributed by atoms with Crippen LogP contribution in [0.25, 0.3) is 10.9 Å². The van der Waals surface area contributed by atoms with E-state index in [4.69, 9.17) is 9.47 Å². The van der Waals surface area contributed by atoms with Gasteiger partial charge >= 0.3 is 12.2 Å². The molecule has 11 nitrogen and oxygen atoms in total. The molecule has 2 amide bonds. The second-order valence-electron chi connectivity index (χ2n) is 13.8. The van der Waals surface area contributed by atoms with Gasteiger partial charge in [0, 0.05) is 54.2 Å². The molecule has 0 saturated carbocycles. The molecule has 0 unspecified atom stereocenters. The maximum Gasteiger partial charge on any atom is 0.419 e. The minimum Gasteiger partial charge on any atom is -0.444 e. The van der Waals surface area contributed by atoms with Crippen molar-refractivity contribution in [3.05, 3.63) is 53.6 Å². The molecule has 1 atom stereocenters. The minimum absolute atomic E-state index is 0.0853. The van der Waals surface area contributed by atoms with E-state index >= 15 is 0 Å². The molecular weight excluding hydrogens is 560 g/mol. The van der Waals surface area contributed by atoms with Crippen molar-refractivity contribution in [2.75, 3.05) is 32.0 Å². The van der Waals surface area contributed by atoms with E-state index in [1.807, 2.05) is 53.7 Å². The van der Waals surface area contributed by atoms with Crippen molar-refractivity contribution in [3.63, 3.8) is 0 Å². The van der Waals surface area contributed by atoms with Crippen LogP contribution in [-0.2, 0) is 9.47 Å². The fraction of sp³-hybridized carbons (Fsp3) is 0.545. The number of pyridine rings is 2. The number of hydrogen-bond acceptors (Lipinski definition) is 8. The predicted octanol–water partition coefficient (Wildman–Crippen LogP) is 6.35.